The molecule has 8 heteroatoms. The molecule has 3 amide bonds. The number of halogens is 1. The molecule has 21 heavy (non-hydrogen) atoms. The number of nitrogens with one attached hydrogen (secondary N) is 3. The van der Waals surface area contributed by atoms with Crippen LogP contribution in [0.25, 0.3) is 0 Å². The summed E-state index contributed by atoms with van der Waals surface area (Å²) in [5.41, 5.74) is 0.555. The van der Waals surface area contributed by atoms with Crippen molar-refractivity contribution in [3.8, 4) is 0 Å². The number of carbonyl (C=O) groups is 3. The number of amides is 3. The normalized spacial score (nSPS) is 9.81. The summed E-state index contributed by atoms with van der Waals surface area (Å²) in [6.07, 6.45) is 0.195. The fourth-order valence-corrected chi connectivity index (χ4v) is 1.97. The highest BCUT2D eigenvalue weighted by molar-refractivity contribution is 9.10. The van der Waals surface area contributed by atoms with Crippen LogP contribution in [0.15, 0.2) is 22.7 Å². The third-order valence-electron chi connectivity index (χ3n) is 2.48. The molecule has 0 aliphatic heterocycles. The lowest BCUT2D eigenvalue weighted by Gasteiger charge is -2.09. The van der Waals surface area contributed by atoms with Gasteiger partial charge in [-0.25, -0.2) is 9.59 Å². The highest BCUT2D eigenvalue weighted by Crippen LogP contribution is 2.23. The van der Waals surface area contributed by atoms with Gasteiger partial charge in [-0.2, -0.15) is 0 Å². The summed E-state index contributed by atoms with van der Waals surface area (Å²) < 4.78 is 0.460. The van der Waals surface area contributed by atoms with Gasteiger partial charge in [0.1, 0.15) is 0 Å². The van der Waals surface area contributed by atoms with Crippen molar-refractivity contribution in [3.63, 3.8) is 0 Å². The SMILES string of the molecule is CCNC(=O)CCNC(=O)Nc1ccc(C(=O)O)cc1Br. The van der Waals surface area contributed by atoms with Gasteiger partial charge in [0, 0.05) is 24.0 Å². The number of carboxylic acid groups (broad SMARTS) is 1. The van der Waals surface area contributed by atoms with Gasteiger partial charge in [-0.05, 0) is 41.1 Å². The first kappa shape index (κ1) is 17.0. The van der Waals surface area contributed by atoms with Crippen LogP contribution in [0.1, 0.15) is 23.7 Å². The molecule has 0 fully saturated rings. The van der Waals surface area contributed by atoms with Crippen molar-refractivity contribution in [3.05, 3.63) is 28.2 Å². The summed E-state index contributed by atoms with van der Waals surface area (Å²) in [5, 5.41) is 16.6. The zero-order valence-electron chi connectivity index (χ0n) is 11.4. The van der Waals surface area contributed by atoms with E-state index in [0.29, 0.717) is 16.7 Å². The Hall–Kier alpha value is -2.09. The summed E-state index contributed by atoms with van der Waals surface area (Å²) in [4.78, 5) is 33.6. The Bertz CT molecular complexity index is 548. The lowest BCUT2D eigenvalue weighted by molar-refractivity contribution is -0.120. The zero-order chi connectivity index (χ0) is 15.8. The van der Waals surface area contributed by atoms with E-state index in [1.165, 1.54) is 18.2 Å². The molecule has 0 radical (unpaired) electrons. The van der Waals surface area contributed by atoms with Crippen molar-refractivity contribution in [1.29, 1.82) is 0 Å². The van der Waals surface area contributed by atoms with Gasteiger partial charge in [-0.3, -0.25) is 4.79 Å². The molecule has 1 rings (SSSR count). The molecule has 114 valence electrons. The number of urea groups is 1. The van der Waals surface area contributed by atoms with Crippen LogP contribution in [-0.4, -0.2) is 36.1 Å². The topological polar surface area (TPSA) is 108 Å². The average Bonchev–Trinajstić information content (AvgIpc) is 2.41. The van der Waals surface area contributed by atoms with E-state index >= 15 is 0 Å². The number of anilines is 1. The Morgan fingerprint density at radius 2 is 1.95 bits per heavy atom. The molecule has 1 aromatic rings. The van der Waals surface area contributed by atoms with Gasteiger partial charge < -0.3 is 21.1 Å². The summed E-state index contributed by atoms with van der Waals surface area (Å²) in [6, 6.07) is 3.80. The molecule has 0 spiro atoms. The predicted molar refractivity (Wildman–Crippen MR) is 81.4 cm³/mol. The number of carboxylic acids is 1. The summed E-state index contributed by atoms with van der Waals surface area (Å²) >= 11 is 3.19. The highest BCUT2D eigenvalue weighted by Gasteiger charge is 2.09. The van der Waals surface area contributed by atoms with E-state index in [0.717, 1.165) is 0 Å². The molecule has 0 saturated carbocycles. The van der Waals surface area contributed by atoms with Gasteiger partial charge in [-0.1, -0.05) is 0 Å². The molecular weight excluding hydrogens is 342 g/mol. The standard InChI is InChI=1S/C13H16BrN3O4/c1-2-15-11(18)5-6-16-13(21)17-10-4-3-8(12(19)20)7-9(10)14/h3-4,7H,2,5-6H2,1H3,(H,15,18)(H,19,20)(H2,16,17,21). The lowest BCUT2D eigenvalue weighted by atomic mass is 10.2. The third kappa shape index (κ3) is 5.82. The Kier molecular flexibility index (Phi) is 6.67. The van der Waals surface area contributed by atoms with E-state index in [1.807, 2.05) is 6.92 Å². The maximum atomic E-state index is 11.6. The predicted octanol–water partition coefficient (Wildman–Crippen LogP) is 1.79. The highest BCUT2D eigenvalue weighted by atomic mass is 79.9. The fourth-order valence-electron chi connectivity index (χ4n) is 1.49. The Morgan fingerprint density at radius 3 is 2.52 bits per heavy atom. The van der Waals surface area contributed by atoms with E-state index in [2.05, 4.69) is 31.9 Å². The molecule has 0 bridgehead atoms. The fraction of sp³-hybridized carbons (Fsp3) is 0.308. The van der Waals surface area contributed by atoms with Gasteiger partial charge in [0.25, 0.3) is 0 Å². The number of hydrogen-bond acceptors (Lipinski definition) is 3. The van der Waals surface area contributed by atoms with Crippen LogP contribution in [0, 0.1) is 0 Å². The minimum absolute atomic E-state index is 0.115. The molecular formula is C13H16BrN3O4. The monoisotopic (exact) mass is 357 g/mol. The first-order valence-corrected chi connectivity index (χ1v) is 7.07. The first-order chi connectivity index (χ1) is 9.93. The van der Waals surface area contributed by atoms with Gasteiger partial charge >= 0.3 is 12.0 Å². The molecule has 0 atom stereocenters. The van der Waals surface area contributed by atoms with Crippen molar-refractivity contribution in [1.82, 2.24) is 10.6 Å². The third-order valence-corrected chi connectivity index (χ3v) is 3.13. The maximum absolute atomic E-state index is 11.6. The Labute approximate surface area is 130 Å². The maximum Gasteiger partial charge on any atom is 0.335 e. The van der Waals surface area contributed by atoms with Crippen molar-refractivity contribution in [2.24, 2.45) is 0 Å². The zero-order valence-corrected chi connectivity index (χ0v) is 13.0. The Morgan fingerprint density at radius 1 is 1.24 bits per heavy atom. The van der Waals surface area contributed by atoms with E-state index in [-0.39, 0.29) is 24.4 Å². The molecule has 7 nitrogen and oxygen atoms in total. The minimum atomic E-state index is -1.05. The molecule has 0 aliphatic carbocycles. The summed E-state index contributed by atoms with van der Waals surface area (Å²) in [7, 11) is 0. The van der Waals surface area contributed by atoms with Crippen LogP contribution < -0.4 is 16.0 Å². The number of hydrogen-bond donors (Lipinski definition) is 4. The molecule has 0 saturated heterocycles. The van der Waals surface area contributed by atoms with Crippen LogP contribution >= 0.6 is 15.9 Å². The lowest BCUT2D eigenvalue weighted by Crippen LogP contribution is -2.33. The van der Waals surface area contributed by atoms with Crippen LogP contribution in [-0.2, 0) is 4.79 Å². The average molecular weight is 358 g/mol. The van der Waals surface area contributed by atoms with E-state index in [9.17, 15) is 14.4 Å². The van der Waals surface area contributed by atoms with Gasteiger partial charge in [0.15, 0.2) is 0 Å². The van der Waals surface area contributed by atoms with Crippen LogP contribution in [0.4, 0.5) is 10.5 Å². The first-order valence-electron chi connectivity index (χ1n) is 6.28. The molecule has 0 unspecified atom stereocenters. The van der Waals surface area contributed by atoms with Crippen LogP contribution in [0.3, 0.4) is 0 Å². The second-order valence-electron chi connectivity index (χ2n) is 4.08. The van der Waals surface area contributed by atoms with E-state index < -0.39 is 12.0 Å². The smallest absolute Gasteiger partial charge is 0.335 e. The number of benzene rings is 1. The van der Waals surface area contributed by atoms with Crippen molar-refractivity contribution in [2.75, 3.05) is 18.4 Å². The van der Waals surface area contributed by atoms with Crippen molar-refractivity contribution >= 4 is 39.5 Å². The van der Waals surface area contributed by atoms with Gasteiger partial charge in [0.05, 0.1) is 11.3 Å². The van der Waals surface area contributed by atoms with Crippen molar-refractivity contribution < 1.29 is 19.5 Å². The minimum Gasteiger partial charge on any atom is -0.478 e. The summed E-state index contributed by atoms with van der Waals surface area (Å²) in [6.45, 7) is 2.58. The van der Waals surface area contributed by atoms with Crippen LogP contribution in [0.5, 0.6) is 0 Å². The number of rotatable bonds is 6. The summed E-state index contributed by atoms with van der Waals surface area (Å²) in [5.74, 6) is -1.18. The second kappa shape index (κ2) is 8.25. The largest absolute Gasteiger partial charge is 0.478 e. The van der Waals surface area contributed by atoms with Gasteiger partial charge in [-0.15, -0.1) is 0 Å². The van der Waals surface area contributed by atoms with Crippen molar-refractivity contribution in [2.45, 2.75) is 13.3 Å². The molecule has 0 aliphatic rings. The van der Waals surface area contributed by atoms with E-state index in [4.69, 9.17) is 5.11 Å². The van der Waals surface area contributed by atoms with Gasteiger partial charge in [0.2, 0.25) is 5.91 Å². The van der Waals surface area contributed by atoms with E-state index in [1.54, 1.807) is 0 Å². The van der Waals surface area contributed by atoms with Crippen LogP contribution in [0.2, 0.25) is 0 Å². The molecule has 1 aromatic carbocycles. The number of aromatic carboxylic acids is 1. The molecule has 0 aromatic heterocycles. The molecule has 0 heterocycles. The molecule has 4 N–H and O–H groups in total. The Balaban J connectivity index is 2.48. The quantitative estimate of drug-likeness (QED) is 0.622. The number of carbonyl (C=O) groups excluding carboxylic acids is 2. The second-order valence-corrected chi connectivity index (χ2v) is 4.94.